The molecule has 1 aliphatic rings. The van der Waals surface area contributed by atoms with E-state index in [1.54, 1.807) is 16.0 Å². The summed E-state index contributed by atoms with van der Waals surface area (Å²) in [5.74, 6) is 0.932. The van der Waals surface area contributed by atoms with Crippen LogP contribution in [-0.4, -0.2) is 58.3 Å². The van der Waals surface area contributed by atoms with E-state index in [-0.39, 0.29) is 0 Å². The van der Waals surface area contributed by atoms with Crippen LogP contribution in [0.15, 0.2) is 40.8 Å². The molecule has 3 aromatic rings. The van der Waals surface area contributed by atoms with Crippen LogP contribution in [0, 0.1) is 18.3 Å². The van der Waals surface area contributed by atoms with Crippen molar-refractivity contribution < 1.29 is 0 Å². The van der Waals surface area contributed by atoms with Crippen molar-refractivity contribution in [2.24, 2.45) is 10.7 Å². The number of benzene rings is 1. The zero-order valence-corrected chi connectivity index (χ0v) is 18.9. The molecule has 0 bridgehead atoms. The molecule has 0 unspecified atom stereocenters. The second-order valence-corrected chi connectivity index (χ2v) is 8.57. The summed E-state index contributed by atoms with van der Waals surface area (Å²) in [7, 11) is 0. The predicted molar refractivity (Wildman–Crippen MR) is 128 cm³/mol. The van der Waals surface area contributed by atoms with Gasteiger partial charge in [0.2, 0.25) is 0 Å². The highest BCUT2D eigenvalue weighted by Gasteiger charge is 2.20. The van der Waals surface area contributed by atoms with E-state index in [1.807, 2.05) is 42.8 Å². The minimum absolute atomic E-state index is 0.368. The number of hydrogen-bond acceptors (Lipinski definition) is 7. The molecule has 0 atom stereocenters. The first-order valence-corrected chi connectivity index (χ1v) is 11.5. The SMILES string of the molecule is Cc1ccc(-n2nc(CCCN=C(N)N3CCN(c4nccs4)CC3)c(C#N)c2N)cc1. The number of guanidine groups is 1. The lowest BCUT2D eigenvalue weighted by Crippen LogP contribution is -2.51. The quantitative estimate of drug-likeness (QED) is 0.335. The molecule has 0 amide bonds. The van der Waals surface area contributed by atoms with Crippen LogP contribution in [0.5, 0.6) is 0 Å². The number of hydrogen-bond donors (Lipinski definition) is 2. The van der Waals surface area contributed by atoms with E-state index in [0.29, 0.717) is 36.0 Å². The van der Waals surface area contributed by atoms with E-state index in [9.17, 15) is 5.26 Å². The summed E-state index contributed by atoms with van der Waals surface area (Å²) in [5.41, 5.74) is 15.5. The molecule has 0 saturated carbocycles. The van der Waals surface area contributed by atoms with Crippen LogP contribution >= 0.6 is 11.3 Å². The zero-order chi connectivity index (χ0) is 22.5. The molecule has 1 fully saturated rings. The molecule has 32 heavy (non-hydrogen) atoms. The Morgan fingerprint density at radius 3 is 2.62 bits per heavy atom. The van der Waals surface area contributed by atoms with Gasteiger partial charge in [-0.2, -0.15) is 10.4 Å². The molecule has 1 aromatic carbocycles. The summed E-state index contributed by atoms with van der Waals surface area (Å²) < 4.78 is 1.63. The Morgan fingerprint density at radius 2 is 1.97 bits per heavy atom. The number of thiazole rings is 1. The van der Waals surface area contributed by atoms with Crippen LogP contribution in [0.4, 0.5) is 10.9 Å². The standard InChI is InChI=1S/C22H27N9S/c1-16-4-6-17(7-5-16)31-20(24)18(15-23)19(28-31)3-2-8-26-21(25)29-10-12-30(13-11-29)22-27-9-14-32-22/h4-7,9,14H,2-3,8,10-13,24H2,1H3,(H2,25,26). The van der Waals surface area contributed by atoms with Crippen molar-refractivity contribution in [1.29, 1.82) is 5.26 Å². The third kappa shape index (κ3) is 4.68. The molecule has 9 nitrogen and oxygen atoms in total. The number of aryl methyl sites for hydroxylation is 2. The first-order valence-electron chi connectivity index (χ1n) is 10.6. The van der Waals surface area contributed by atoms with Gasteiger partial charge in [-0.15, -0.1) is 11.3 Å². The molecular weight excluding hydrogens is 422 g/mol. The van der Waals surface area contributed by atoms with E-state index in [0.717, 1.165) is 49.0 Å². The second kappa shape index (κ2) is 9.70. The highest BCUT2D eigenvalue weighted by molar-refractivity contribution is 7.13. The Morgan fingerprint density at radius 1 is 1.22 bits per heavy atom. The van der Waals surface area contributed by atoms with Gasteiger partial charge in [-0.25, -0.2) is 9.67 Å². The topological polar surface area (TPSA) is 125 Å². The fourth-order valence-corrected chi connectivity index (χ4v) is 4.39. The van der Waals surface area contributed by atoms with Gasteiger partial charge in [-0.3, -0.25) is 4.99 Å². The Hall–Kier alpha value is -3.58. The largest absolute Gasteiger partial charge is 0.382 e. The van der Waals surface area contributed by atoms with E-state index in [4.69, 9.17) is 11.5 Å². The van der Waals surface area contributed by atoms with Crippen LogP contribution in [0.3, 0.4) is 0 Å². The van der Waals surface area contributed by atoms with Gasteiger partial charge in [0.15, 0.2) is 11.1 Å². The number of nitrogen functional groups attached to an aromatic ring is 1. The van der Waals surface area contributed by atoms with Crippen LogP contribution in [0.1, 0.15) is 23.2 Å². The van der Waals surface area contributed by atoms with E-state index < -0.39 is 0 Å². The van der Waals surface area contributed by atoms with Crippen molar-refractivity contribution >= 4 is 28.2 Å². The number of aliphatic imine (C=N–C) groups is 1. The molecule has 10 heteroatoms. The average Bonchev–Trinajstić information content (AvgIpc) is 3.45. The average molecular weight is 450 g/mol. The number of nitriles is 1. The Balaban J connectivity index is 1.32. The summed E-state index contributed by atoms with van der Waals surface area (Å²) in [6.07, 6.45) is 3.18. The number of aromatic nitrogens is 3. The Kier molecular flexibility index (Phi) is 6.56. The molecule has 0 spiro atoms. The smallest absolute Gasteiger partial charge is 0.191 e. The van der Waals surface area contributed by atoms with E-state index >= 15 is 0 Å². The minimum Gasteiger partial charge on any atom is -0.382 e. The molecule has 2 aromatic heterocycles. The minimum atomic E-state index is 0.368. The van der Waals surface area contributed by atoms with Crippen LogP contribution in [-0.2, 0) is 6.42 Å². The summed E-state index contributed by atoms with van der Waals surface area (Å²) in [6.45, 7) is 6.00. The van der Waals surface area contributed by atoms with Gasteiger partial charge in [0.25, 0.3) is 0 Å². The van der Waals surface area contributed by atoms with Crippen molar-refractivity contribution in [3.8, 4) is 11.8 Å². The van der Waals surface area contributed by atoms with Crippen LogP contribution < -0.4 is 16.4 Å². The van der Waals surface area contributed by atoms with Crippen molar-refractivity contribution in [1.82, 2.24) is 19.7 Å². The number of nitrogens with zero attached hydrogens (tertiary/aromatic N) is 7. The van der Waals surface area contributed by atoms with Crippen molar-refractivity contribution in [2.75, 3.05) is 43.4 Å². The van der Waals surface area contributed by atoms with Crippen molar-refractivity contribution in [3.63, 3.8) is 0 Å². The van der Waals surface area contributed by atoms with Gasteiger partial charge in [0.05, 0.1) is 11.4 Å². The summed E-state index contributed by atoms with van der Waals surface area (Å²) in [4.78, 5) is 13.3. The molecule has 4 rings (SSSR count). The third-order valence-electron chi connectivity index (χ3n) is 5.52. The maximum atomic E-state index is 9.56. The lowest BCUT2D eigenvalue weighted by molar-refractivity contribution is 0.380. The Bertz CT molecular complexity index is 1100. The molecule has 1 saturated heterocycles. The monoisotopic (exact) mass is 449 g/mol. The Labute approximate surface area is 191 Å². The number of nitrogens with two attached hydrogens (primary N) is 2. The molecule has 3 heterocycles. The fraction of sp³-hybridized carbons (Fsp3) is 0.364. The van der Waals surface area contributed by atoms with Crippen molar-refractivity contribution in [2.45, 2.75) is 19.8 Å². The fourth-order valence-electron chi connectivity index (χ4n) is 3.70. The summed E-state index contributed by atoms with van der Waals surface area (Å²) in [6, 6.07) is 10.1. The normalized spacial score (nSPS) is 14.6. The lowest BCUT2D eigenvalue weighted by Gasteiger charge is -2.35. The van der Waals surface area contributed by atoms with Gasteiger partial charge < -0.3 is 21.3 Å². The van der Waals surface area contributed by atoms with Crippen LogP contribution in [0.2, 0.25) is 0 Å². The summed E-state index contributed by atoms with van der Waals surface area (Å²) >= 11 is 1.65. The van der Waals surface area contributed by atoms with Gasteiger partial charge in [0, 0.05) is 44.3 Å². The van der Waals surface area contributed by atoms with Gasteiger partial charge in [-0.05, 0) is 31.9 Å². The van der Waals surface area contributed by atoms with Crippen molar-refractivity contribution in [3.05, 3.63) is 52.7 Å². The van der Waals surface area contributed by atoms with E-state index in [2.05, 4.69) is 30.9 Å². The lowest BCUT2D eigenvalue weighted by atomic mass is 10.1. The highest BCUT2D eigenvalue weighted by Crippen LogP contribution is 2.22. The molecule has 4 N–H and O–H groups in total. The molecule has 166 valence electrons. The maximum Gasteiger partial charge on any atom is 0.191 e. The zero-order valence-electron chi connectivity index (χ0n) is 18.1. The second-order valence-electron chi connectivity index (χ2n) is 7.70. The molecule has 1 aliphatic heterocycles. The van der Waals surface area contributed by atoms with E-state index in [1.165, 1.54) is 0 Å². The van der Waals surface area contributed by atoms with Gasteiger partial charge in [0.1, 0.15) is 17.5 Å². The predicted octanol–water partition coefficient (Wildman–Crippen LogP) is 2.16. The summed E-state index contributed by atoms with van der Waals surface area (Å²) in [5, 5.41) is 17.2. The van der Waals surface area contributed by atoms with Crippen LogP contribution in [0.25, 0.3) is 5.69 Å². The highest BCUT2D eigenvalue weighted by atomic mass is 32.1. The van der Waals surface area contributed by atoms with Gasteiger partial charge >= 0.3 is 0 Å². The molecule has 0 aliphatic carbocycles. The molecular formula is C22H27N9S. The van der Waals surface area contributed by atoms with Gasteiger partial charge in [-0.1, -0.05) is 17.7 Å². The first-order chi connectivity index (χ1) is 15.6. The molecule has 0 radical (unpaired) electrons. The number of rotatable bonds is 6. The third-order valence-corrected chi connectivity index (χ3v) is 6.36. The first kappa shape index (κ1) is 21.6. The maximum absolute atomic E-state index is 9.56. The number of piperazine rings is 1. The number of anilines is 2.